The quantitative estimate of drug-likeness (QED) is 0.361. The lowest BCUT2D eigenvalue weighted by Gasteiger charge is -2.27. The maximum absolute atomic E-state index is 13.2. The molecule has 0 spiro atoms. The summed E-state index contributed by atoms with van der Waals surface area (Å²) in [5.41, 5.74) is 2.04. The summed E-state index contributed by atoms with van der Waals surface area (Å²) in [4.78, 5) is 29.8. The van der Waals surface area contributed by atoms with Gasteiger partial charge in [0.15, 0.2) is 0 Å². The number of aliphatic hydroxyl groups is 1. The maximum atomic E-state index is 13.2. The minimum atomic E-state index is -0.710. The fourth-order valence-corrected chi connectivity index (χ4v) is 4.18. The third kappa shape index (κ3) is 4.81. The van der Waals surface area contributed by atoms with Gasteiger partial charge in [0, 0.05) is 12.1 Å². The zero-order valence-corrected chi connectivity index (χ0v) is 19.6. The Kier molecular flexibility index (Phi) is 7.59. The van der Waals surface area contributed by atoms with Crippen molar-refractivity contribution < 1.29 is 19.4 Å². The molecular weight excluding hydrogens is 428 g/mol. The van der Waals surface area contributed by atoms with Gasteiger partial charge in [-0.05, 0) is 70.2 Å². The number of Topliss-reactive ketones (excluding diaryl/α,β-unsaturated/α-hetero) is 1. The first-order valence-corrected chi connectivity index (χ1v) is 11.1. The van der Waals surface area contributed by atoms with Crippen LogP contribution in [0.1, 0.15) is 36.1 Å². The molecule has 7 heteroatoms. The van der Waals surface area contributed by atoms with Crippen molar-refractivity contribution in [2.75, 3.05) is 33.8 Å². The Balaban J connectivity index is 2.15. The number of benzene rings is 2. The van der Waals surface area contributed by atoms with Gasteiger partial charge in [0.2, 0.25) is 0 Å². The van der Waals surface area contributed by atoms with Crippen molar-refractivity contribution in [2.24, 2.45) is 0 Å². The first kappa shape index (κ1) is 23.8. The van der Waals surface area contributed by atoms with Crippen molar-refractivity contribution in [1.29, 1.82) is 0 Å². The molecule has 3 rings (SSSR count). The first-order valence-electron chi connectivity index (χ1n) is 10.7. The largest absolute Gasteiger partial charge is 0.507 e. The molecule has 6 nitrogen and oxygen atoms in total. The monoisotopic (exact) mass is 456 g/mol. The number of hydrogen-bond acceptors (Lipinski definition) is 5. The predicted molar refractivity (Wildman–Crippen MR) is 126 cm³/mol. The normalized spacial score (nSPS) is 17.9. The molecule has 0 radical (unpaired) electrons. The van der Waals surface area contributed by atoms with E-state index >= 15 is 0 Å². The van der Waals surface area contributed by atoms with E-state index in [4.69, 9.17) is 16.3 Å². The molecular formula is C25H29ClN2O4. The summed E-state index contributed by atoms with van der Waals surface area (Å²) < 4.78 is 5.53. The number of aryl methyl sites for hydroxylation is 1. The molecule has 1 N–H and O–H groups in total. The van der Waals surface area contributed by atoms with Crippen LogP contribution in [0, 0.1) is 6.92 Å². The van der Waals surface area contributed by atoms with Gasteiger partial charge in [-0.15, -0.1) is 0 Å². The summed E-state index contributed by atoms with van der Waals surface area (Å²) >= 11 is 6.37. The van der Waals surface area contributed by atoms with Crippen LogP contribution in [-0.2, 0) is 9.59 Å². The number of halogens is 1. The number of likely N-dealkylation sites (tertiary alicyclic amines) is 1. The second kappa shape index (κ2) is 10.2. The molecule has 1 aliphatic rings. The molecule has 0 saturated carbocycles. The predicted octanol–water partition coefficient (Wildman–Crippen LogP) is 4.42. The van der Waals surface area contributed by atoms with E-state index in [-0.39, 0.29) is 21.9 Å². The van der Waals surface area contributed by atoms with Gasteiger partial charge in [-0.3, -0.25) is 9.59 Å². The van der Waals surface area contributed by atoms with Crippen molar-refractivity contribution in [2.45, 2.75) is 26.3 Å². The van der Waals surface area contributed by atoms with Gasteiger partial charge in [0.25, 0.3) is 11.7 Å². The number of hydrogen-bond donors (Lipinski definition) is 1. The third-order valence-corrected chi connectivity index (χ3v) is 5.86. The summed E-state index contributed by atoms with van der Waals surface area (Å²) in [6, 6.07) is 11.8. The van der Waals surface area contributed by atoms with E-state index in [9.17, 15) is 14.7 Å². The molecule has 1 heterocycles. The van der Waals surface area contributed by atoms with Gasteiger partial charge in [-0.25, -0.2) is 0 Å². The molecule has 1 fully saturated rings. The number of amides is 1. The molecule has 1 saturated heterocycles. The SMILES string of the molecule is CCOc1ccc(Cl)c(/C(O)=C2\C(=O)C(=O)N(CCCN(C)C)C2c2ccccc2C)c1. The molecule has 1 unspecified atom stereocenters. The number of carbonyl (C=O) groups excluding carboxylic acids is 2. The zero-order chi connectivity index (χ0) is 23.4. The molecule has 2 aromatic carbocycles. The number of aliphatic hydroxyl groups excluding tert-OH is 1. The summed E-state index contributed by atoms with van der Waals surface area (Å²) in [6.07, 6.45) is 0.697. The Morgan fingerprint density at radius 2 is 1.91 bits per heavy atom. The summed E-state index contributed by atoms with van der Waals surface area (Å²) in [7, 11) is 3.92. The second-order valence-electron chi connectivity index (χ2n) is 8.08. The Labute approximate surface area is 194 Å². The average Bonchev–Trinajstić information content (AvgIpc) is 3.00. The van der Waals surface area contributed by atoms with Crippen LogP contribution in [0.3, 0.4) is 0 Å². The molecule has 170 valence electrons. The van der Waals surface area contributed by atoms with Crippen LogP contribution in [0.2, 0.25) is 5.02 Å². The maximum Gasteiger partial charge on any atom is 0.295 e. The highest BCUT2D eigenvalue weighted by molar-refractivity contribution is 6.47. The molecule has 1 aliphatic heterocycles. The Morgan fingerprint density at radius 1 is 1.19 bits per heavy atom. The van der Waals surface area contributed by atoms with E-state index in [0.717, 1.165) is 17.7 Å². The van der Waals surface area contributed by atoms with Gasteiger partial charge in [0.05, 0.1) is 23.2 Å². The van der Waals surface area contributed by atoms with Crippen molar-refractivity contribution >= 4 is 29.1 Å². The Morgan fingerprint density at radius 3 is 2.56 bits per heavy atom. The van der Waals surface area contributed by atoms with Crippen LogP contribution < -0.4 is 4.74 Å². The van der Waals surface area contributed by atoms with E-state index < -0.39 is 17.7 Å². The number of ketones is 1. The number of ether oxygens (including phenoxy) is 1. The average molecular weight is 457 g/mol. The van der Waals surface area contributed by atoms with Gasteiger partial charge >= 0.3 is 0 Å². The standard InChI is InChI=1S/C25H29ClN2O4/c1-5-32-17-11-12-20(26)19(15-17)23(29)21-22(18-10-7-6-9-16(18)2)28(25(31)24(21)30)14-8-13-27(3)4/h6-7,9-12,15,22,29H,5,8,13-14H2,1-4H3/b23-21+. The van der Waals surface area contributed by atoms with Gasteiger partial charge < -0.3 is 19.6 Å². The van der Waals surface area contributed by atoms with E-state index in [1.165, 1.54) is 0 Å². The molecule has 0 aromatic heterocycles. The van der Waals surface area contributed by atoms with E-state index in [0.29, 0.717) is 25.3 Å². The van der Waals surface area contributed by atoms with Gasteiger partial charge in [0.1, 0.15) is 11.5 Å². The molecule has 0 aliphatic carbocycles. The van der Waals surface area contributed by atoms with E-state index in [1.807, 2.05) is 57.1 Å². The zero-order valence-electron chi connectivity index (χ0n) is 18.9. The van der Waals surface area contributed by atoms with Gasteiger partial charge in [-0.2, -0.15) is 0 Å². The highest BCUT2D eigenvalue weighted by atomic mass is 35.5. The molecule has 0 bridgehead atoms. The number of nitrogens with zero attached hydrogens (tertiary/aromatic N) is 2. The van der Waals surface area contributed by atoms with Crippen LogP contribution in [0.5, 0.6) is 5.75 Å². The molecule has 32 heavy (non-hydrogen) atoms. The van der Waals surface area contributed by atoms with Crippen molar-refractivity contribution in [1.82, 2.24) is 9.80 Å². The lowest BCUT2D eigenvalue weighted by molar-refractivity contribution is -0.139. The summed E-state index contributed by atoms with van der Waals surface area (Å²) in [6.45, 7) is 5.39. The van der Waals surface area contributed by atoms with Gasteiger partial charge in [-0.1, -0.05) is 35.9 Å². The topological polar surface area (TPSA) is 70.1 Å². The van der Waals surface area contributed by atoms with Crippen LogP contribution in [-0.4, -0.2) is 60.4 Å². The van der Waals surface area contributed by atoms with Crippen LogP contribution in [0.25, 0.3) is 5.76 Å². The Bertz CT molecular complexity index is 1050. The highest BCUT2D eigenvalue weighted by Gasteiger charge is 2.46. The lowest BCUT2D eigenvalue weighted by Crippen LogP contribution is -2.32. The van der Waals surface area contributed by atoms with E-state index in [1.54, 1.807) is 23.1 Å². The van der Waals surface area contributed by atoms with Crippen molar-refractivity contribution in [3.05, 3.63) is 69.8 Å². The first-order chi connectivity index (χ1) is 15.3. The summed E-state index contributed by atoms with van der Waals surface area (Å²) in [5, 5.41) is 11.5. The lowest BCUT2D eigenvalue weighted by atomic mass is 9.92. The number of carbonyl (C=O) groups is 2. The van der Waals surface area contributed by atoms with Crippen LogP contribution in [0.15, 0.2) is 48.0 Å². The third-order valence-electron chi connectivity index (χ3n) is 5.53. The minimum absolute atomic E-state index is 0.0460. The smallest absolute Gasteiger partial charge is 0.295 e. The van der Waals surface area contributed by atoms with Crippen molar-refractivity contribution in [3.8, 4) is 5.75 Å². The van der Waals surface area contributed by atoms with Crippen LogP contribution >= 0.6 is 11.6 Å². The second-order valence-corrected chi connectivity index (χ2v) is 8.49. The molecule has 1 atom stereocenters. The van der Waals surface area contributed by atoms with Crippen LogP contribution in [0.4, 0.5) is 0 Å². The number of rotatable bonds is 8. The Hall–Kier alpha value is -2.83. The van der Waals surface area contributed by atoms with Crippen molar-refractivity contribution in [3.63, 3.8) is 0 Å². The molecule has 1 amide bonds. The summed E-state index contributed by atoms with van der Waals surface area (Å²) in [5.74, 6) is -1.10. The minimum Gasteiger partial charge on any atom is -0.507 e. The fourth-order valence-electron chi connectivity index (χ4n) is 3.97. The highest BCUT2D eigenvalue weighted by Crippen LogP contribution is 2.42. The van der Waals surface area contributed by atoms with E-state index in [2.05, 4.69) is 0 Å². The molecule has 2 aromatic rings. The fraction of sp³-hybridized carbons (Fsp3) is 0.360.